The highest BCUT2D eigenvalue weighted by molar-refractivity contribution is 14.1. The van der Waals surface area contributed by atoms with Crippen molar-refractivity contribution in [1.29, 1.82) is 0 Å². The van der Waals surface area contributed by atoms with Crippen LogP contribution < -0.4 is 8.56 Å². The summed E-state index contributed by atoms with van der Waals surface area (Å²) in [5, 5.41) is 10.3. The molecule has 6 heteroatoms. The van der Waals surface area contributed by atoms with E-state index < -0.39 is 0 Å². The minimum absolute atomic E-state index is 0.397. The summed E-state index contributed by atoms with van der Waals surface area (Å²) in [4.78, 5) is 2.45. The van der Waals surface area contributed by atoms with Crippen LogP contribution in [-0.2, 0) is 0 Å². The van der Waals surface area contributed by atoms with E-state index in [0.29, 0.717) is 5.75 Å². The molecule has 0 fully saturated rings. The highest BCUT2D eigenvalue weighted by atomic mass is 127. The first-order valence-electron chi connectivity index (χ1n) is 6.34. The quantitative estimate of drug-likeness (QED) is 0.457. The average Bonchev–Trinajstić information content (AvgIpc) is 2.77. The van der Waals surface area contributed by atoms with Gasteiger partial charge in [0.1, 0.15) is 18.8 Å². The van der Waals surface area contributed by atoms with Gasteiger partial charge in [-0.1, -0.05) is 22.7 Å². The van der Waals surface area contributed by atoms with E-state index in [9.17, 15) is 5.11 Å². The van der Waals surface area contributed by atoms with Crippen LogP contribution in [0, 0.1) is 14.1 Å². The highest BCUT2D eigenvalue weighted by Crippen LogP contribution is 2.39. The van der Waals surface area contributed by atoms with E-state index in [2.05, 4.69) is 76.6 Å². The summed E-state index contributed by atoms with van der Waals surface area (Å²) in [5.74, 6) is 0.397. The lowest BCUT2D eigenvalue weighted by Gasteiger charge is -2.06. The van der Waals surface area contributed by atoms with Crippen LogP contribution >= 0.6 is 67.9 Å². The molecule has 0 amide bonds. The van der Waals surface area contributed by atoms with Gasteiger partial charge in [-0.3, -0.25) is 0 Å². The minimum Gasteiger partial charge on any atom is -0.506 e. The van der Waals surface area contributed by atoms with E-state index in [4.69, 9.17) is 0 Å². The molecule has 1 heterocycles. The van der Waals surface area contributed by atoms with E-state index in [1.165, 1.54) is 13.7 Å². The lowest BCUT2D eigenvalue weighted by molar-refractivity contribution is 0.473. The van der Waals surface area contributed by atoms with Gasteiger partial charge in [-0.25, -0.2) is 4.58 Å². The molecule has 1 N–H and O–H groups in total. The number of aromatic hydroxyl groups is 1. The lowest BCUT2D eigenvalue weighted by atomic mass is 10.1. The number of hydrogen-bond donors (Lipinski definition) is 1. The zero-order chi connectivity index (χ0) is 14.9. The summed E-state index contributed by atoms with van der Waals surface area (Å²) in [6, 6.07) is 4.06. The molecule has 1 aromatic carbocycles. The smallest absolute Gasteiger partial charge is 0.314 e. The van der Waals surface area contributed by atoms with E-state index in [-0.39, 0.29) is 0 Å². The minimum atomic E-state index is 0.397. The van der Waals surface area contributed by atoms with Crippen LogP contribution in [0.2, 0.25) is 0 Å². The number of phenolic OH excluding ortho intramolecular Hbond substituents is 1. The van der Waals surface area contributed by atoms with Crippen molar-refractivity contribution in [3.05, 3.63) is 28.1 Å². The molecule has 2 rings (SSSR count). The molecule has 0 aliphatic rings. The Labute approximate surface area is 154 Å². The maximum absolute atomic E-state index is 10.3. The Balaban J connectivity index is 2.69. The molecule has 0 bridgehead atoms. The second kappa shape index (κ2) is 7.06. The average molecular weight is 532 g/mol. The van der Waals surface area contributed by atoms with E-state index in [1.54, 1.807) is 11.3 Å². The molecule has 0 aliphatic carbocycles. The Morgan fingerprint density at radius 1 is 1.15 bits per heavy atom. The zero-order valence-electron chi connectivity index (χ0n) is 11.5. The van der Waals surface area contributed by atoms with Gasteiger partial charge in [-0.15, -0.1) is 0 Å². The SMILES string of the molecule is CC[N+](CC)=c1sc(C)c(-c2cc(I)cc(I)c2O)s1. The summed E-state index contributed by atoms with van der Waals surface area (Å²) in [6.07, 6.45) is 0. The predicted octanol–water partition coefficient (Wildman–Crippen LogP) is 4.51. The van der Waals surface area contributed by atoms with Crippen molar-refractivity contribution in [3.8, 4) is 16.2 Å². The fourth-order valence-corrected chi connectivity index (χ4v) is 6.66. The van der Waals surface area contributed by atoms with Crippen LogP contribution in [0.4, 0.5) is 0 Å². The zero-order valence-corrected chi connectivity index (χ0v) is 17.5. The first-order chi connectivity index (χ1) is 9.47. The first kappa shape index (κ1) is 16.7. The predicted molar refractivity (Wildman–Crippen MR) is 106 cm³/mol. The molecule has 0 unspecified atom stereocenters. The third-order valence-electron chi connectivity index (χ3n) is 3.04. The number of nitrogens with zero attached hydrogens (tertiary/aromatic N) is 1. The van der Waals surface area contributed by atoms with Gasteiger partial charge in [0.25, 0.3) is 0 Å². The van der Waals surface area contributed by atoms with Crippen molar-refractivity contribution in [2.24, 2.45) is 0 Å². The Bertz CT molecular complexity index is 698. The van der Waals surface area contributed by atoms with Crippen molar-refractivity contribution in [2.45, 2.75) is 20.8 Å². The van der Waals surface area contributed by atoms with Crippen molar-refractivity contribution in [1.82, 2.24) is 4.58 Å². The van der Waals surface area contributed by atoms with Crippen LogP contribution in [0.25, 0.3) is 10.4 Å². The molecular weight excluding hydrogens is 516 g/mol. The molecular formula is C14H16I2NOS2+. The van der Waals surface area contributed by atoms with Crippen molar-refractivity contribution < 1.29 is 5.11 Å². The largest absolute Gasteiger partial charge is 0.506 e. The van der Waals surface area contributed by atoms with Crippen LogP contribution in [0.3, 0.4) is 0 Å². The fourth-order valence-electron chi connectivity index (χ4n) is 1.95. The molecule has 0 aliphatic heterocycles. The summed E-state index contributed by atoms with van der Waals surface area (Å²) in [6.45, 7) is 8.52. The molecule has 108 valence electrons. The second-order valence-electron chi connectivity index (χ2n) is 4.31. The van der Waals surface area contributed by atoms with Gasteiger partial charge in [-0.2, -0.15) is 0 Å². The molecule has 0 spiro atoms. The lowest BCUT2D eigenvalue weighted by Crippen LogP contribution is -2.25. The van der Waals surface area contributed by atoms with Crippen LogP contribution in [0.1, 0.15) is 18.7 Å². The molecule has 0 saturated carbocycles. The third kappa shape index (κ3) is 3.38. The van der Waals surface area contributed by atoms with Gasteiger partial charge in [0, 0.05) is 14.0 Å². The summed E-state index contributed by atoms with van der Waals surface area (Å²) in [5.41, 5.74) is 0.957. The summed E-state index contributed by atoms with van der Waals surface area (Å²) in [7, 11) is 0. The molecule has 2 nitrogen and oxygen atoms in total. The Hall–Kier alpha value is 0.330. The van der Waals surface area contributed by atoms with E-state index >= 15 is 0 Å². The van der Waals surface area contributed by atoms with Gasteiger partial charge in [0.15, 0.2) is 0 Å². The molecule has 0 radical (unpaired) electrons. The number of benzene rings is 1. The molecule has 20 heavy (non-hydrogen) atoms. The highest BCUT2D eigenvalue weighted by Gasteiger charge is 2.16. The van der Waals surface area contributed by atoms with Crippen molar-refractivity contribution in [2.75, 3.05) is 13.1 Å². The molecule has 0 atom stereocenters. The standard InChI is InChI=1S/C14H15I2NOS2/c1-4-17(5-2)14-19-8(3)13(20-14)10-6-9(15)7-11(16)12(10)18/h6-7H,4-5H2,1-3H3/p+1. The van der Waals surface area contributed by atoms with Crippen molar-refractivity contribution >= 4 is 67.9 Å². The Kier molecular flexibility index (Phi) is 5.89. The number of aryl methyl sites for hydroxylation is 1. The van der Waals surface area contributed by atoms with Gasteiger partial charge < -0.3 is 5.11 Å². The van der Waals surface area contributed by atoms with Crippen LogP contribution in [0.5, 0.6) is 5.75 Å². The van der Waals surface area contributed by atoms with Gasteiger partial charge in [0.2, 0.25) is 0 Å². The fraction of sp³-hybridized carbons (Fsp3) is 0.357. The first-order valence-corrected chi connectivity index (χ1v) is 10.1. The third-order valence-corrected chi connectivity index (χ3v) is 7.22. The normalized spacial score (nSPS) is 10.8. The van der Waals surface area contributed by atoms with Gasteiger partial charge >= 0.3 is 3.98 Å². The summed E-state index contributed by atoms with van der Waals surface area (Å²) >= 11 is 8.09. The summed E-state index contributed by atoms with van der Waals surface area (Å²) < 4.78 is 5.74. The van der Waals surface area contributed by atoms with Crippen molar-refractivity contribution in [3.63, 3.8) is 0 Å². The maximum atomic E-state index is 10.3. The maximum Gasteiger partial charge on any atom is 0.314 e. The van der Waals surface area contributed by atoms with Gasteiger partial charge in [0.05, 0.1) is 8.45 Å². The Morgan fingerprint density at radius 3 is 2.40 bits per heavy atom. The topological polar surface area (TPSA) is 23.2 Å². The van der Waals surface area contributed by atoms with E-state index in [1.807, 2.05) is 17.4 Å². The molecule has 2 aromatic rings. The number of rotatable bonds is 3. The van der Waals surface area contributed by atoms with E-state index in [0.717, 1.165) is 25.8 Å². The Morgan fingerprint density at radius 2 is 1.80 bits per heavy atom. The van der Waals surface area contributed by atoms with Gasteiger partial charge in [-0.05, 0) is 78.1 Å². The monoisotopic (exact) mass is 532 g/mol. The second-order valence-corrected chi connectivity index (χ2v) is 9.18. The van der Waals surface area contributed by atoms with Crippen LogP contribution in [0.15, 0.2) is 12.1 Å². The number of halogens is 2. The molecule has 0 saturated heterocycles. The number of hydrogen-bond acceptors (Lipinski definition) is 3. The number of phenols is 1. The molecule has 1 aromatic heterocycles. The van der Waals surface area contributed by atoms with Crippen LogP contribution in [-0.4, -0.2) is 18.2 Å².